The number of fused-ring (bicyclic) bond motifs is 1. The maximum Gasteiger partial charge on any atom is 0.274 e. The summed E-state index contributed by atoms with van der Waals surface area (Å²) >= 11 is 0. The maximum atomic E-state index is 12.8. The van der Waals surface area contributed by atoms with E-state index in [9.17, 15) is 4.79 Å². The lowest BCUT2D eigenvalue weighted by atomic mass is 9.95. The van der Waals surface area contributed by atoms with Crippen LogP contribution >= 0.6 is 24.8 Å². The monoisotopic (exact) mass is 422 g/mol. The topological polar surface area (TPSA) is 98.7 Å². The van der Waals surface area contributed by atoms with E-state index in [0.29, 0.717) is 23.9 Å². The van der Waals surface area contributed by atoms with Crippen molar-refractivity contribution in [2.45, 2.75) is 32.2 Å². The molecule has 0 spiro atoms. The second kappa shape index (κ2) is 8.43. The molecule has 0 bridgehead atoms. The number of nitrogens with two attached hydrogens (primary N) is 1. The van der Waals surface area contributed by atoms with E-state index in [0.717, 1.165) is 29.4 Å². The Bertz CT molecular complexity index is 982. The molecule has 1 aliphatic rings. The highest BCUT2D eigenvalue weighted by molar-refractivity contribution is 5.94. The van der Waals surface area contributed by atoms with Crippen molar-refractivity contribution in [2.24, 2.45) is 11.7 Å². The van der Waals surface area contributed by atoms with Gasteiger partial charge in [0.05, 0.1) is 22.4 Å². The SMILES string of the molecule is Cc1c(C(=O)NC(C)(CN)C2CC2)nnn1-c1cccc2cccnc12.Cl.Cl. The van der Waals surface area contributed by atoms with Gasteiger partial charge in [-0.1, -0.05) is 23.4 Å². The summed E-state index contributed by atoms with van der Waals surface area (Å²) in [5.74, 6) is 0.205. The zero-order valence-electron chi connectivity index (χ0n) is 15.8. The molecule has 1 saturated carbocycles. The van der Waals surface area contributed by atoms with Gasteiger partial charge in [0.1, 0.15) is 0 Å². The number of para-hydroxylation sites is 1. The Morgan fingerprint density at radius 3 is 2.68 bits per heavy atom. The molecule has 2 aromatic heterocycles. The fourth-order valence-corrected chi connectivity index (χ4v) is 3.39. The second-order valence-electron chi connectivity index (χ2n) is 7.14. The summed E-state index contributed by atoms with van der Waals surface area (Å²) in [6.45, 7) is 4.24. The Morgan fingerprint density at radius 1 is 1.29 bits per heavy atom. The van der Waals surface area contributed by atoms with Gasteiger partial charge in [0.15, 0.2) is 5.69 Å². The molecule has 3 N–H and O–H groups in total. The average molecular weight is 423 g/mol. The van der Waals surface area contributed by atoms with Gasteiger partial charge in [-0.05, 0) is 44.7 Å². The number of halogens is 2. The molecule has 1 atom stereocenters. The number of carbonyl (C=O) groups excluding carboxylic acids is 1. The van der Waals surface area contributed by atoms with E-state index in [4.69, 9.17) is 5.73 Å². The molecular formula is C19H24Cl2N6O. The van der Waals surface area contributed by atoms with E-state index >= 15 is 0 Å². The molecule has 0 radical (unpaired) electrons. The molecule has 4 rings (SSSR count). The van der Waals surface area contributed by atoms with Crippen LogP contribution in [0.2, 0.25) is 0 Å². The molecule has 9 heteroatoms. The molecule has 0 saturated heterocycles. The molecule has 3 aromatic rings. The third-order valence-electron chi connectivity index (χ3n) is 5.25. The molecule has 28 heavy (non-hydrogen) atoms. The van der Waals surface area contributed by atoms with Crippen LogP contribution in [0.3, 0.4) is 0 Å². The van der Waals surface area contributed by atoms with Gasteiger partial charge in [0, 0.05) is 18.1 Å². The van der Waals surface area contributed by atoms with Crippen molar-refractivity contribution in [3.8, 4) is 5.69 Å². The van der Waals surface area contributed by atoms with Crippen molar-refractivity contribution in [1.82, 2.24) is 25.3 Å². The Labute approximate surface area is 175 Å². The average Bonchev–Trinajstić information content (AvgIpc) is 3.44. The van der Waals surface area contributed by atoms with Crippen molar-refractivity contribution in [1.29, 1.82) is 0 Å². The van der Waals surface area contributed by atoms with Crippen LogP contribution < -0.4 is 11.1 Å². The van der Waals surface area contributed by atoms with Crippen molar-refractivity contribution < 1.29 is 4.79 Å². The first-order valence-corrected chi connectivity index (χ1v) is 8.82. The minimum atomic E-state index is -0.395. The summed E-state index contributed by atoms with van der Waals surface area (Å²) in [7, 11) is 0. The summed E-state index contributed by atoms with van der Waals surface area (Å²) in [6.07, 6.45) is 3.94. The third kappa shape index (κ3) is 3.83. The summed E-state index contributed by atoms with van der Waals surface area (Å²) in [5.41, 5.74) is 8.13. The Morgan fingerprint density at radius 2 is 2.00 bits per heavy atom. The lowest BCUT2D eigenvalue weighted by Gasteiger charge is -2.29. The minimum absolute atomic E-state index is 0. The molecule has 1 amide bonds. The van der Waals surface area contributed by atoms with Crippen LogP contribution in [0.4, 0.5) is 0 Å². The molecular weight excluding hydrogens is 399 g/mol. The molecule has 7 nitrogen and oxygen atoms in total. The van der Waals surface area contributed by atoms with Gasteiger partial charge in [-0.25, -0.2) is 4.68 Å². The summed E-state index contributed by atoms with van der Waals surface area (Å²) in [6, 6.07) is 9.75. The Balaban J connectivity index is 0.00000140. The number of amides is 1. The van der Waals surface area contributed by atoms with Gasteiger partial charge >= 0.3 is 0 Å². The molecule has 1 aliphatic carbocycles. The smallest absolute Gasteiger partial charge is 0.274 e. The second-order valence-corrected chi connectivity index (χ2v) is 7.14. The van der Waals surface area contributed by atoms with Gasteiger partial charge < -0.3 is 11.1 Å². The summed E-state index contributed by atoms with van der Waals surface area (Å²) in [4.78, 5) is 17.2. The van der Waals surface area contributed by atoms with E-state index < -0.39 is 5.54 Å². The number of rotatable bonds is 5. The number of hydrogen-bond donors (Lipinski definition) is 2. The number of nitrogens with zero attached hydrogens (tertiary/aromatic N) is 4. The van der Waals surface area contributed by atoms with E-state index in [1.54, 1.807) is 10.9 Å². The highest BCUT2D eigenvalue weighted by Crippen LogP contribution is 2.39. The maximum absolute atomic E-state index is 12.8. The van der Waals surface area contributed by atoms with Crippen LogP contribution in [0, 0.1) is 12.8 Å². The first kappa shape index (κ1) is 22.1. The quantitative estimate of drug-likeness (QED) is 0.658. The third-order valence-corrected chi connectivity index (χ3v) is 5.25. The zero-order valence-corrected chi connectivity index (χ0v) is 17.4. The van der Waals surface area contributed by atoms with E-state index in [-0.39, 0.29) is 30.7 Å². The number of pyridine rings is 1. The van der Waals surface area contributed by atoms with Crippen molar-refractivity contribution in [3.05, 3.63) is 47.9 Å². The van der Waals surface area contributed by atoms with Gasteiger partial charge in [0.2, 0.25) is 0 Å². The van der Waals surface area contributed by atoms with E-state index in [2.05, 4.69) is 20.6 Å². The normalized spacial score (nSPS) is 15.2. The highest BCUT2D eigenvalue weighted by Gasteiger charge is 2.42. The van der Waals surface area contributed by atoms with Crippen molar-refractivity contribution in [3.63, 3.8) is 0 Å². The van der Waals surface area contributed by atoms with Crippen molar-refractivity contribution >= 4 is 41.6 Å². The molecule has 0 aliphatic heterocycles. The van der Waals surface area contributed by atoms with Crippen LogP contribution in [0.15, 0.2) is 36.5 Å². The first-order chi connectivity index (χ1) is 12.5. The van der Waals surface area contributed by atoms with Crippen LogP contribution in [-0.4, -0.2) is 38.0 Å². The fourth-order valence-electron chi connectivity index (χ4n) is 3.39. The summed E-state index contributed by atoms with van der Waals surface area (Å²) in [5, 5.41) is 12.4. The molecule has 2 heterocycles. The van der Waals surface area contributed by atoms with E-state index in [1.807, 2.05) is 44.2 Å². The van der Waals surface area contributed by atoms with Gasteiger partial charge in [-0.2, -0.15) is 0 Å². The predicted octanol–water partition coefficient (Wildman–Crippen LogP) is 2.82. The molecule has 1 unspecified atom stereocenters. The number of nitrogens with one attached hydrogen (secondary N) is 1. The first-order valence-electron chi connectivity index (χ1n) is 8.82. The summed E-state index contributed by atoms with van der Waals surface area (Å²) < 4.78 is 1.67. The van der Waals surface area contributed by atoms with Gasteiger partial charge in [-0.15, -0.1) is 29.9 Å². The largest absolute Gasteiger partial charge is 0.344 e. The Hall–Kier alpha value is -2.22. The van der Waals surface area contributed by atoms with Crippen LogP contribution in [0.25, 0.3) is 16.6 Å². The van der Waals surface area contributed by atoms with Crippen LogP contribution in [0.1, 0.15) is 35.9 Å². The minimum Gasteiger partial charge on any atom is -0.344 e. The molecule has 150 valence electrons. The lowest BCUT2D eigenvalue weighted by Crippen LogP contribution is -2.53. The number of carbonyl (C=O) groups is 1. The fraction of sp³-hybridized carbons (Fsp3) is 0.368. The Kier molecular flexibility index (Phi) is 6.64. The van der Waals surface area contributed by atoms with E-state index in [1.165, 1.54) is 0 Å². The highest BCUT2D eigenvalue weighted by atomic mass is 35.5. The number of aromatic nitrogens is 4. The molecule has 1 aromatic carbocycles. The standard InChI is InChI=1S/C19H22N6O.2ClH/c1-12-16(18(26)22-19(2,11-20)14-8-9-14)23-24-25(12)15-7-3-5-13-6-4-10-21-17(13)15;;/h3-7,10,14H,8-9,11,20H2,1-2H3,(H,22,26);2*1H. The molecule has 1 fully saturated rings. The predicted molar refractivity (Wildman–Crippen MR) is 114 cm³/mol. The van der Waals surface area contributed by atoms with Crippen LogP contribution in [-0.2, 0) is 0 Å². The van der Waals surface area contributed by atoms with Crippen molar-refractivity contribution in [2.75, 3.05) is 6.54 Å². The van der Waals surface area contributed by atoms with Gasteiger partial charge in [-0.3, -0.25) is 9.78 Å². The van der Waals surface area contributed by atoms with Gasteiger partial charge in [0.25, 0.3) is 5.91 Å². The number of benzene rings is 1. The zero-order chi connectivity index (χ0) is 18.3. The lowest BCUT2D eigenvalue weighted by molar-refractivity contribution is 0.0892. The number of hydrogen-bond acceptors (Lipinski definition) is 5. The van der Waals surface area contributed by atoms with Crippen LogP contribution in [0.5, 0.6) is 0 Å².